The molecule has 1 atom stereocenters. The zero-order valence-electron chi connectivity index (χ0n) is 8.42. The average Bonchev–Trinajstić information content (AvgIpc) is 2.23. The van der Waals surface area contributed by atoms with Crippen LogP contribution in [0.2, 0.25) is 0 Å². The first kappa shape index (κ1) is 10.1. The molecule has 1 aromatic carbocycles. The van der Waals surface area contributed by atoms with Crippen molar-refractivity contribution in [2.45, 2.75) is 13.0 Å². The van der Waals surface area contributed by atoms with Gasteiger partial charge in [0.05, 0.1) is 0 Å². The third kappa shape index (κ3) is 2.15. The second-order valence-corrected chi connectivity index (χ2v) is 3.60. The number of hydrogen-bond acceptors (Lipinski definition) is 2. The lowest BCUT2D eigenvalue weighted by Crippen LogP contribution is -2.38. The van der Waals surface area contributed by atoms with E-state index in [1.165, 1.54) is 12.1 Å². The topological polar surface area (TPSA) is 38.3 Å². The molecule has 0 spiro atoms. The molecule has 0 saturated carbocycles. The summed E-state index contributed by atoms with van der Waals surface area (Å²) in [7, 11) is 0. The van der Waals surface area contributed by atoms with Crippen molar-refractivity contribution in [3.05, 3.63) is 35.1 Å². The summed E-state index contributed by atoms with van der Waals surface area (Å²) in [6.45, 7) is 2.35. The van der Waals surface area contributed by atoms with Crippen LogP contribution in [0.25, 0.3) is 0 Å². The fraction of sp³-hybridized carbons (Fsp3) is 0.364. The fourth-order valence-corrected chi connectivity index (χ4v) is 1.65. The quantitative estimate of drug-likeness (QED) is 0.757. The van der Waals surface area contributed by atoms with Crippen molar-refractivity contribution in [1.29, 1.82) is 0 Å². The number of carbonyl (C=O) groups excluding carboxylic acids is 1. The Bertz CT molecular complexity index is 382. The highest BCUT2D eigenvalue weighted by molar-refractivity contribution is 5.77. The highest BCUT2D eigenvalue weighted by atomic mass is 19.1. The lowest BCUT2D eigenvalue weighted by Gasteiger charge is -2.24. The molecule has 4 heteroatoms. The number of amides is 1. The number of ether oxygens (including phenoxy) is 1. The lowest BCUT2D eigenvalue weighted by atomic mass is 10.0. The first-order chi connectivity index (χ1) is 7.16. The maximum absolute atomic E-state index is 13.0. The molecule has 1 N–H and O–H groups in total. The molecule has 1 heterocycles. The van der Waals surface area contributed by atoms with E-state index < -0.39 is 0 Å². The summed E-state index contributed by atoms with van der Waals surface area (Å²) in [5.74, 6) is -0.406. The molecule has 0 unspecified atom stereocenters. The van der Waals surface area contributed by atoms with Gasteiger partial charge in [0.25, 0.3) is 0 Å². The van der Waals surface area contributed by atoms with Gasteiger partial charge in [-0.1, -0.05) is 6.07 Å². The zero-order valence-corrected chi connectivity index (χ0v) is 8.42. The first-order valence-corrected chi connectivity index (χ1v) is 4.81. The third-order valence-electron chi connectivity index (χ3n) is 2.49. The molecule has 0 aliphatic carbocycles. The van der Waals surface area contributed by atoms with Crippen LogP contribution in [0.3, 0.4) is 0 Å². The normalized spacial score (nSPS) is 21.2. The molecule has 0 bridgehead atoms. The third-order valence-corrected chi connectivity index (χ3v) is 2.49. The van der Waals surface area contributed by atoms with Gasteiger partial charge in [0, 0.05) is 6.54 Å². The van der Waals surface area contributed by atoms with Gasteiger partial charge in [-0.15, -0.1) is 0 Å². The van der Waals surface area contributed by atoms with E-state index in [0.717, 1.165) is 11.1 Å². The summed E-state index contributed by atoms with van der Waals surface area (Å²) in [6, 6.07) is 4.59. The van der Waals surface area contributed by atoms with Crippen LogP contribution in [0.4, 0.5) is 4.39 Å². The molecule has 2 rings (SSSR count). The van der Waals surface area contributed by atoms with Crippen LogP contribution >= 0.6 is 0 Å². The Morgan fingerprint density at radius 1 is 1.53 bits per heavy atom. The molecule has 15 heavy (non-hydrogen) atoms. The Balaban J connectivity index is 2.21. The second-order valence-electron chi connectivity index (χ2n) is 3.60. The van der Waals surface area contributed by atoms with E-state index in [4.69, 9.17) is 4.74 Å². The number of halogens is 1. The molecule has 0 radical (unpaired) electrons. The SMILES string of the molecule is Cc1ccc(F)cc1[C@H]1CNC(=O)CO1. The first-order valence-electron chi connectivity index (χ1n) is 4.81. The van der Waals surface area contributed by atoms with Gasteiger partial charge in [0.1, 0.15) is 18.5 Å². The van der Waals surface area contributed by atoms with Crippen LogP contribution in [0.5, 0.6) is 0 Å². The van der Waals surface area contributed by atoms with E-state index >= 15 is 0 Å². The number of morpholine rings is 1. The fourth-order valence-electron chi connectivity index (χ4n) is 1.65. The molecule has 80 valence electrons. The van der Waals surface area contributed by atoms with E-state index in [2.05, 4.69) is 5.32 Å². The maximum atomic E-state index is 13.0. The van der Waals surface area contributed by atoms with Gasteiger partial charge >= 0.3 is 0 Å². The Morgan fingerprint density at radius 3 is 3.00 bits per heavy atom. The van der Waals surface area contributed by atoms with Gasteiger partial charge < -0.3 is 10.1 Å². The van der Waals surface area contributed by atoms with Gasteiger partial charge in [-0.25, -0.2) is 4.39 Å². The van der Waals surface area contributed by atoms with Crippen LogP contribution < -0.4 is 5.32 Å². The van der Waals surface area contributed by atoms with Gasteiger partial charge in [-0.2, -0.15) is 0 Å². The molecule has 1 aliphatic heterocycles. The number of hydrogen-bond donors (Lipinski definition) is 1. The predicted octanol–water partition coefficient (Wildman–Crippen LogP) is 1.32. The van der Waals surface area contributed by atoms with E-state index in [1.807, 2.05) is 6.92 Å². The summed E-state index contributed by atoms with van der Waals surface area (Å²) < 4.78 is 18.4. The van der Waals surface area contributed by atoms with Gasteiger partial charge in [-0.05, 0) is 30.2 Å². The number of benzene rings is 1. The predicted molar refractivity (Wildman–Crippen MR) is 52.8 cm³/mol. The van der Waals surface area contributed by atoms with E-state index in [9.17, 15) is 9.18 Å². The number of carbonyl (C=O) groups is 1. The summed E-state index contributed by atoms with van der Waals surface area (Å²) >= 11 is 0. The zero-order chi connectivity index (χ0) is 10.8. The largest absolute Gasteiger partial charge is 0.362 e. The molecule has 0 aromatic heterocycles. The average molecular weight is 209 g/mol. The highest BCUT2D eigenvalue weighted by Gasteiger charge is 2.21. The van der Waals surface area contributed by atoms with Crippen molar-refractivity contribution in [3.8, 4) is 0 Å². The Hall–Kier alpha value is -1.42. The molecule has 3 nitrogen and oxygen atoms in total. The van der Waals surface area contributed by atoms with Crippen LogP contribution in [-0.4, -0.2) is 19.1 Å². The lowest BCUT2D eigenvalue weighted by molar-refractivity contribution is -0.133. The van der Waals surface area contributed by atoms with E-state index in [1.54, 1.807) is 6.07 Å². The molecule has 1 amide bonds. The minimum absolute atomic E-state index is 0.0423. The van der Waals surface area contributed by atoms with Crippen molar-refractivity contribution in [3.63, 3.8) is 0 Å². The molecule has 1 aliphatic rings. The molecular weight excluding hydrogens is 197 g/mol. The Morgan fingerprint density at radius 2 is 2.33 bits per heavy atom. The number of nitrogens with one attached hydrogen (secondary N) is 1. The minimum atomic E-state index is -0.281. The number of rotatable bonds is 1. The van der Waals surface area contributed by atoms with Gasteiger partial charge in [-0.3, -0.25) is 4.79 Å². The summed E-state index contributed by atoms with van der Waals surface area (Å²) in [6.07, 6.45) is -0.238. The van der Waals surface area contributed by atoms with Crippen molar-refractivity contribution >= 4 is 5.91 Å². The smallest absolute Gasteiger partial charge is 0.246 e. The summed E-state index contributed by atoms with van der Waals surface area (Å²) in [4.78, 5) is 10.9. The van der Waals surface area contributed by atoms with Crippen LogP contribution in [0.1, 0.15) is 17.2 Å². The standard InChI is InChI=1S/C11H12FNO2/c1-7-2-3-8(12)4-9(7)10-5-13-11(14)6-15-10/h2-4,10H,5-6H2,1H3,(H,13,14)/t10-/m1/s1. The van der Waals surface area contributed by atoms with Crippen molar-refractivity contribution in [2.75, 3.05) is 13.2 Å². The Labute approximate surface area is 87.2 Å². The van der Waals surface area contributed by atoms with E-state index in [0.29, 0.717) is 6.54 Å². The number of aryl methyl sites for hydroxylation is 1. The maximum Gasteiger partial charge on any atom is 0.246 e. The van der Waals surface area contributed by atoms with Crippen LogP contribution in [0, 0.1) is 12.7 Å². The molecule has 1 aromatic rings. The second kappa shape index (κ2) is 3.98. The van der Waals surface area contributed by atoms with Crippen LogP contribution in [0.15, 0.2) is 18.2 Å². The van der Waals surface area contributed by atoms with Gasteiger partial charge in [0.2, 0.25) is 5.91 Å². The highest BCUT2D eigenvalue weighted by Crippen LogP contribution is 2.23. The summed E-state index contributed by atoms with van der Waals surface area (Å²) in [5.41, 5.74) is 1.77. The van der Waals surface area contributed by atoms with E-state index in [-0.39, 0.29) is 24.4 Å². The van der Waals surface area contributed by atoms with Crippen molar-refractivity contribution in [2.24, 2.45) is 0 Å². The molecule has 1 saturated heterocycles. The minimum Gasteiger partial charge on any atom is -0.362 e. The summed E-state index contributed by atoms with van der Waals surface area (Å²) in [5, 5.41) is 2.69. The van der Waals surface area contributed by atoms with Crippen molar-refractivity contribution < 1.29 is 13.9 Å². The monoisotopic (exact) mass is 209 g/mol. The van der Waals surface area contributed by atoms with Crippen LogP contribution in [-0.2, 0) is 9.53 Å². The van der Waals surface area contributed by atoms with Crippen molar-refractivity contribution in [1.82, 2.24) is 5.32 Å². The molecule has 1 fully saturated rings. The molecular formula is C11H12FNO2. The Kier molecular flexibility index (Phi) is 2.68. The van der Waals surface area contributed by atoms with Gasteiger partial charge in [0.15, 0.2) is 0 Å².